The molecule has 1 aromatic heterocycles. The first-order valence-corrected chi connectivity index (χ1v) is 11.5. The highest BCUT2D eigenvalue weighted by atomic mass is 32.2. The van der Waals surface area contributed by atoms with Crippen molar-refractivity contribution in [3.8, 4) is 5.69 Å². The number of hydrogen-bond donors (Lipinski definition) is 1. The molecule has 0 saturated heterocycles. The summed E-state index contributed by atoms with van der Waals surface area (Å²) in [4.78, 5) is 27.4. The van der Waals surface area contributed by atoms with E-state index in [0.717, 1.165) is 33.7 Å². The van der Waals surface area contributed by atoms with E-state index < -0.39 is 27.4 Å². The van der Waals surface area contributed by atoms with Gasteiger partial charge in [0, 0.05) is 31.1 Å². The normalized spacial score (nSPS) is 11.2. The summed E-state index contributed by atoms with van der Waals surface area (Å²) >= 11 is 0. The van der Waals surface area contributed by atoms with Gasteiger partial charge in [-0.05, 0) is 31.0 Å². The lowest BCUT2D eigenvalue weighted by Crippen LogP contribution is -2.40. The third-order valence-corrected chi connectivity index (χ3v) is 6.04. The number of amides is 1. The SMILES string of the molecule is Cc1ccc([N+](=O)[O-])cc1N(CC(=O)NCc1ccccc1-n1ccnc1C)S(C)(=O)=O. The highest BCUT2D eigenvalue weighted by molar-refractivity contribution is 7.92. The van der Waals surface area contributed by atoms with E-state index in [1.54, 1.807) is 13.1 Å². The van der Waals surface area contributed by atoms with Crippen LogP contribution in [0, 0.1) is 24.0 Å². The van der Waals surface area contributed by atoms with Crippen LogP contribution in [0.1, 0.15) is 17.0 Å². The number of hydrogen-bond acceptors (Lipinski definition) is 6. The van der Waals surface area contributed by atoms with Crippen LogP contribution in [0.4, 0.5) is 11.4 Å². The number of anilines is 1. The second-order valence-electron chi connectivity index (χ2n) is 7.25. The highest BCUT2D eigenvalue weighted by Crippen LogP contribution is 2.27. The number of sulfonamides is 1. The van der Waals surface area contributed by atoms with E-state index in [4.69, 9.17) is 0 Å². The molecule has 0 bridgehead atoms. The molecule has 2 aromatic carbocycles. The molecule has 0 atom stereocenters. The van der Waals surface area contributed by atoms with Crippen LogP contribution in [0.5, 0.6) is 0 Å². The monoisotopic (exact) mass is 457 g/mol. The molecule has 0 saturated carbocycles. The largest absolute Gasteiger partial charge is 0.350 e. The van der Waals surface area contributed by atoms with Gasteiger partial charge < -0.3 is 9.88 Å². The molecule has 0 aliphatic carbocycles. The molecule has 0 spiro atoms. The molecule has 1 amide bonds. The van der Waals surface area contributed by atoms with Crippen LogP contribution in [0.2, 0.25) is 0 Å². The van der Waals surface area contributed by atoms with Crippen LogP contribution in [-0.2, 0) is 21.4 Å². The number of nitrogens with zero attached hydrogens (tertiary/aromatic N) is 4. The molecule has 3 aromatic rings. The fourth-order valence-electron chi connectivity index (χ4n) is 3.27. The van der Waals surface area contributed by atoms with Crippen molar-refractivity contribution in [2.45, 2.75) is 20.4 Å². The number of rotatable bonds is 8. The van der Waals surface area contributed by atoms with Crippen molar-refractivity contribution in [2.24, 2.45) is 0 Å². The Labute approximate surface area is 185 Å². The van der Waals surface area contributed by atoms with Crippen LogP contribution >= 0.6 is 0 Å². The zero-order valence-corrected chi connectivity index (χ0v) is 18.7. The van der Waals surface area contributed by atoms with Crippen LogP contribution in [0.15, 0.2) is 54.9 Å². The van der Waals surface area contributed by atoms with E-state index in [2.05, 4.69) is 10.3 Å². The number of nitro groups is 1. The zero-order valence-electron chi connectivity index (χ0n) is 17.8. The van der Waals surface area contributed by atoms with Crippen molar-refractivity contribution in [1.29, 1.82) is 0 Å². The molecular weight excluding hydrogens is 434 g/mol. The molecular formula is C21H23N5O5S. The molecule has 3 rings (SSSR count). The number of imidazole rings is 1. The second kappa shape index (κ2) is 9.18. The predicted octanol–water partition coefficient (Wildman–Crippen LogP) is 2.48. The Morgan fingerprint density at radius 1 is 1.22 bits per heavy atom. The summed E-state index contributed by atoms with van der Waals surface area (Å²) in [5, 5.41) is 13.9. The fraction of sp³-hybridized carbons (Fsp3) is 0.238. The van der Waals surface area contributed by atoms with E-state index in [1.807, 2.05) is 42.0 Å². The Kier molecular flexibility index (Phi) is 6.58. The topological polar surface area (TPSA) is 127 Å². The zero-order chi connectivity index (χ0) is 23.5. The number of benzene rings is 2. The number of aryl methyl sites for hydroxylation is 2. The average molecular weight is 458 g/mol. The smallest absolute Gasteiger partial charge is 0.271 e. The molecule has 1 N–H and O–H groups in total. The maximum Gasteiger partial charge on any atom is 0.271 e. The number of carbonyl (C=O) groups is 1. The number of aromatic nitrogens is 2. The molecule has 11 heteroatoms. The van der Waals surface area contributed by atoms with Crippen molar-refractivity contribution in [3.63, 3.8) is 0 Å². The van der Waals surface area contributed by atoms with E-state index >= 15 is 0 Å². The summed E-state index contributed by atoms with van der Waals surface area (Å²) in [6.45, 7) is 3.14. The lowest BCUT2D eigenvalue weighted by atomic mass is 10.1. The van der Waals surface area contributed by atoms with Gasteiger partial charge >= 0.3 is 0 Å². The number of para-hydroxylation sites is 1. The minimum atomic E-state index is -3.87. The maximum atomic E-state index is 12.7. The first-order valence-electron chi connectivity index (χ1n) is 9.65. The van der Waals surface area contributed by atoms with Gasteiger partial charge in [0.15, 0.2) is 0 Å². The van der Waals surface area contributed by atoms with Crippen LogP contribution in [0.25, 0.3) is 5.69 Å². The van der Waals surface area contributed by atoms with E-state index in [9.17, 15) is 23.3 Å². The fourth-order valence-corrected chi connectivity index (χ4v) is 4.17. The molecule has 0 radical (unpaired) electrons. The minimum Gasteiger partial charge on any atom is -0.350 e. The lowest BCUT2D eigenvalue weighted by Gasteiger charge is -2.23. The standard InChI is InChI=1S/C21H23N5O5S/c1-15-8-9-18(26(28)29)12-20(15)25(32(3,30)31)14-21(27)23-13-17-6-4-5-7-19(17)24-11-10-22-16(24)2/h4-12H,13-14H2,1-3H3,(H,23,27). The second-order valence-corrected chi connectivity index (χ2v) is 9.15. The Morgan fingerprint density at radius 2 is 1.94 bits per heavy atom. The quantitative estimate of drug-likeness (QED) is 0.409. The van der Waals surface area contributed by atoms with Crippen molar-refractivity contribution in [2.75, 3.05) is 17.1 Å². The summed E-state index contributed by atoms with van der Waals surface area (Å²) in [6.07, 6.45) is 4.44. The molecule has 32 heavy (non-hydrogen) atoms. The van der Waals surface area contributed by atoms with Crippen molar-refractivity contribution < 1.29 is 18.1 Å². The number of carbonyl (C=O) groups excluding carboxylic acids is 1. The van der Waals surface area contributed by atoms with Crippen molar-refractivity contribution in [1.82, 2.24) is 14.9 Å². The van der Waals surface area contributed by atoms with Crippen molar-refractivity contribution >= 4 is 27.3 Å². The van der Waals surface area contributed by atoms with Gasteiger partial charge in [-0.15, -0.1) is 0 Å². The molecule has 0 fully saturated rings. The summed E-state index contributed by atoms with van der Waals surface area (Å²) < 4.78 is 27.5. The molecule has 0 aliphatic heterocycles. The van der Waals surface area contributed by atoms with Crippen LogP contribution in [0.3, 0.4) is 0 Å². The Balaban J connectivity index is 1.81. The third kappa shape index (κ3) is 5.11. The molecule has 1 heterocycles. The lowest BCUT2D eigenvalue weighted by molar-refractivity contribution is -0.384. The highest BCUT2D eigenvalue weighted by Gasteiger charge is 2.24. The van der Waals surface area contributed by atoms with Gasteiger partial charge in [-0.2, -0.15) is 0 Å². The molecule has 10 nitrogen and oxygen atoms in total. The van der Waals surface area contributed by atoms with Gasteiger partial charge in [0.05, 0.1) is 22.6 Å². The third-order valence-electron chi connectivity index (χ3n) is 4.91. The Morgan fingerprint density at radius 3 is 2.56 bits per heavy atom. The van der Waals surface area contributed by atoms with Crippen molar-refractivity contribution in [3.05, 3.63) is 81.9 Å². The van der Waals surface area contributed by atoms with Gasteiger partial charge in [0.2, 0.25) is 15.9 Å². The number of nitrogens with one attached hydrogen (secondary N) is 1. The Hall–Kier alpha value is -3.73. The minimum absolute atomic E-state index is 0.0892. The average Bonchev–Trinajstić information content (AvgIpc) is 3.16. The first kappa shape index (κ1) is 22.9. The number of nitro benzene ring substituents is 1. The van der Waals surface area contributed by atoms with Gasteiger partial charge in [0.1, 0.15) is 12.4 Å². The summed E-state index contributed by atoms with van der Waals surface area (Å²) in [6, 6.07) is 11.4. The summed E-state index contributed by atoms with van der Waals surface area (Å²) in [5.74, 6) is 0.242. The van der Waals surface area contributed by atoms with E-state index in [1.165, 1.54) is 12.1 Å². The summed E-state index contributed by atoms with van der Waals surface area (Å²) in [5.41, 5.74) is 1.99. The molecule has 0 aliphatic rings. The first-order chi connectivity index (χ1) is 15.1. The maximum absolute atomic E-state index is 12.7. The van der Waals surface area contributed by atoms with Crippen LogP contribution < -0.4 is 9.62 Å². The van der Waals surface area contributed by atoms with Gasteiger partial charge in [-0.1, -0.05) is 24.3 Å². The molecule has 168 valence electrons. The van der Waals surface area contributed by atoms with E-state index in [0.29, 0.717) is 5.56 Å². The molecule has 0 unspecified atom stereocenters. The van der Waals surface area contributed by atoms with Crippen LogP contribution in [-0.4, -0.2) is 41.6 Å². The summed E-state index contributed by atoms with van der Waals surface area (Å²) in [7, 11) is -3.87. The predicted molar refractivity (Wildman–Crippen MR) is 120 cm³/mol. The van der Waals surface area contributed by atoms with Gasteiger partial charge in [0.25, 0.3) is 5.69 Å². The number of non-ortho nitro benzene ring substituents is 1. The van der Waals surface area contributed by atoms with Gasteiger partial charge in [-0.3, -0.25) is 19.2 Å². The Bertz CT molecular complexity index is 1270. The van der Waals surface area contributed by atoms with Gasteiger partial charge in [-0.25, -0.2) is 13.4 Å². The van der Waals surface area contributed by atoms with E-state index in [-0.39, 0.29) is 17.9 Å².